The highest BCUT2D eigenvalue weighted by Crippen LogP contribution is 2.39. The minimum Gasteiger partial charge on any atom is -0.496 e. The Morgan fingerprint density at radius 1 is 1.35 bits per heavy atom. The summed E-state index contributed by atoms with van der Waals surface area (Å²) in [6, 6.07) is 9.82. The maximum absolute atomic E-state index is 6.35. The third-order valence-electron chi connectivity index (χ3n) is 4.60. The Bertz CT molecular complexity index is 433. The van der Waals surface area contributed by atoms with E-state index in [4.69, 9.17) is 10.5 Å². The highest BCUT2D eigenvalue weighted by atomic mass is 16.5. The van der Waals surface area contributed by atoms with E-state index in [1.54, 1.807) is 7.11 Å². The largest absolute Gasteiger partial charge is 0.496 e. The van der Waals surface area contributed by atoms with Crippen LogP contribution in [0.5, 0.6) is 5.75 Å². The first-order valence-corrected chi connectivity index (χ1v) is 7.76. The van der Waals surface area contributed by atoms with Gasteiger partial charge in [0.25, 0.3) is 0 Å². The number of para-hydroxylation sites is 1. The second-order valence-corrected chi connectivity index (χ2v) is 5.98. The third-order valence-corrected chi connectivity index (χ3v) is 4.60. The van der Waals surface area contributed by atoms with Gasteiger partial charge < -0.3 is 10.5 Å². The highest BCUT2D eigenvalue weighted by Gasteiger charge is 2.38. The summed E-state index contributed by atoms with van der Waals surface area (Å²) in [6.45, 7) is 6.70. The van der Waals surface area contributed by atoms with Crippen molar-refractivity contribution < 1.29 is 4.74 Å². The molecule has 0 aromatic heterocycles. The number of ether oxygens (including phenoxy) is 1. The Balaban J connectivity index is 2.40. The third kappa shape index (κ3) is 2.84. The van der Waals surface area contributed by atoms with Crippen molar-refractivity contribution in [2.24, 2.45) is 5.73 Å². The molecular weight excluding hydrogens is 248 g/mol. The molecule has 2 rings (SSSR count). The molecule has 2 N–H and O–H groups in total. The number of rotatable bonds is 5. The van der Waals surface area contributed by atoms with Crippen LogP contribution in [0.15, 0.2) is 24.3 Å². The molecule has 1 heterocycles. The minimum atomic E-state index is 0.0842. The Hall–Kier alpha value is -1.06. The molecule has 0 bridgehead atoms. The van der Waals surface area contributed by atoms with Gasteiger partial charge in [0.15, 0.2) is 0 Å². The number of nitrogens with zero attached hydrogens (tertiary/aromatic N) is 1. The maximum atomic E-state index is 6.35. The molecular formula is C17H28N2O. The van der Waals surface area contributed by atoms with Gasteiger partial charge in [-0.3, -0.25) is 4.90 Å². The van der Waals surface area contributed by atoms with Crippen LogP contribution < -0.4 is 10.5 Å². The first kappa shape index (κ1) is 15.3. The lowest BCUT2D eigenvalue weighted by Crippen LogP contribution is -2.45. The van der Waals surface area contributed by atoms with Gasteiger partial charge in [-0.1, -0.05) is 25.1 Å². The van der Waals surface area contributed by atoms with Crippen LogP contribution in [-0.2, 0) is 0 Å². The molecule has 0 radical (unpaired) electrons. The van der Waals surface area contributed by atoms with Gasteiger partial charge in [0.2, 0.25) is 0 Å². The predicted octanol–water partition coefficient (Wildman–Crippen LogP) is 3.35. The van der Waals surface area contributed by atoms with Crippen molar-refractivity contribution in [2.45, 2.75) is 64.2 Å². The highest BCUT2D eigenvalue weighted by molar-refractivity contribution is 5.37. The van der Waals surface area contributed by atoms with Crippen LogP contribution in [-0.4, -0.2) is 30.1 Å². The van der Waals surface area contributed by atoms with Gasteiger partial charge in [-0.05, 0) is 39.2 Å². The monoisotopic (exact) mass is 276 g/mol. The van der Waals surface area contributed by atoms with E-state index < -0.39 is 0 Å². The average molecular weight is 276 g/mol. The van der Waals surface area contributed by atoms with Gasteiger partial charge in [-0.25, -0.2) is 0 Å². The van der Waals surface area contributed by atoms with Gasteiger partial charge in [-0.2, -0.15) is 0 Å². The molecule has 3 heteroatoms. The summed E-state index contributed by atoms with van der Waals surface area (Å²) in [6.07, 6.45) is 3.72. The lowest BCUT2D eigenvalue weighted by Gasteiger charge is -2.39. The van der Waals surface area contributed by atoms with E-state index in [2.05, 4.69) is 37.8 Å². The van der Waals surface area contributed by atoms with Crippen molar-refractivity contribution >= 4 is 0 Å². The van der Waals surface area contributed by atoms with Crippen molar-refractivity contribution in [1.29, 1.82) is 0 Å². The van der Waals surface area contributed by atoms with E-state index in [0.29, 0.717) is 12.1 Å². The van der Waals surface area contributed by atoms with Gasteiger partial charge in [0.1, 0.15) is 5.75 Å². The smallest absolute Gasteiger partial charge is 0.123 e. The first-order chi connectivity index (χ1) is 9.60. The number of methoxy groups -OCH3 is 1. The number of benzene rings is 1. The summed E-state index contributed by atoms with van der Waals surface area (Å²) in [5, 5.41) is 0. The zero-order chi connectivity index (χ0) is 14.7. The van der Waals surface area contributed by atoms with Crippen molar-refractivity contribution in [3.05, 3.63) is 29.8 Å². The van der Waals surface area contributed by atoms with Crippen LogP contribution in [0, 0.1) is 0 Å². The summed E-state index contributed by atoms with van der Waals surface area (Å²) in [5.41, 5.74) is 7.57. The zero-order valence-electron chi connectivity index (χ0n) is 13.2. The molecule has 20 heavy (non-hydrogen) atoms. The molecule has 3 nitrogen and oxygen atoms in total. The standard InChI is InChI=1S/C17H28N2O/c1-5-14-11-10-12(2)19(14)17(13(3)18)15-8-6-7-9-16(15)20-4/h6-9,12-14,17H,5,10-11,18H2,1-4H3. The number of hydrogen-bond donors (Lipinski definition) is 1. The Kier molecular flexibility index (Phi) is 5.06. The average Bonchev–Trinajstić information content (AvgIpc) is 2.81. The molecule has 0 spiro atoms. The SMILES string of the molecule is CCC1CCC(C)N1C(c1ccccc1OC)C(C)N. The molecule has 1 fully saturated rings. The van der Waals surface area contributed by atoms with Crippen LogP contribution in [0.4, 0.5) is 0 Å². The predicted molar refractivity (Wildman–Crippen MR) is 84.0 cm³/mol. The summed E-state index contributed by atoms with van der Waals surface area (Å²) in [5.74, 6) is 0.948. The van der Waals surface area contributed by atoms with Crippen molar-refractivity contribution in [3.8, 4) is 5.75 Å². The van der Waals surface area contributed by atoms with Gasteiger partial charge in [0.05, 0.1) is 13.2 Å². The van der Waals surface area contributed by atoms with Crippen LogP contribution >= 0.6 is 0 Å². The summed E-state index contributed by atoms with van der Waals surface area (Å²) < 4.78 is 5.56. The molecule has 112 valence electrons. The van der Waals surface area contributed by atoms with Crippen molar-refractivity contribution in [2.75, 3.05) is 7.11 Å². The topological polar surface area (TPSA) is 38.5 Å². The minimum absolute atomic E-state index is 0.0842. The molecule has 4 atom stereocenters. The molecule has 1 aliphatic heterocycles. The molecule has 0 saturated carbocycles. The van der Waals surface area contributed by atoms with E-state index in [0.717, 1.165) is 5.75 Å². The summed E-state index contributed by atoms with van der Waals surface area (Å²) in [7, 11) is 1.74. The fourth-order valence-corrected chi connectivity index (χ4v) is 3.63. The molecule has 4 unspecified atom stereocenters. The van der Waals surface area contributed by atoms with Gasteiger partial charge >= 0.3 is 0 Å². The molecule has 1 saturated heterocycles. The van der Waals surface area contributed by atoms with E-state index in [1.807, 2.05) is 12.1 Å². The quantitative estimate of drug-likeness (QED) is 0.896. The lowest BCUT2D eigenvalue weighted by molar-refractivity contribution is 0.115. The fourth-order valence-electron chi connectivity index (χ4n) is 3.63. The van der Waals surface area contributed by atoms with Crippen LogP contribution in [0.3, 0.4) is 0 Å². The van der Waals surface area contributed by atoms with Gasteiger partial charge in [-0.15, -0.1) is 0 Å². The van der Waals surface area contributed by atoms with Crippen LogP contribution in [0.2, 0.25) is 0 Å². The zero-order valence-corrected chi connectivity index (χ0v) is 13.2. The van der Waals surface area contributed by atoms with Crippen molar-refractivity contribution in [1.82, 2.24) is 4.90 Å². The van der Waals surface area contributed by atoms with Gasteiger partial charge in [0, 0.05) is 23.7 Å². The molecule has 1 aromatic carbocycles. The number of nitrogens with two attached hydrogens (primary N) is 1. The normalized spacial score (nSPS) is 26.4. The van der Waals surface area contributed by atoms with E-state index in [9.17, 15) is 0 Å². The molecule has 1 aromatic rings. The molecule has 0 aliphatic carbocycles. The summed E-state index contributed by atoms with van der Waals surface area (Å²) in [4.78, 5) is 2.61. The molecule has 0 amide bonds. The first-order valence-electron chi connectivity index (χ1n) is 7.76. The van der Waals surface area contributed by atoms with Crippen molar-refractivity contribution in [3.63, 3.8) is 0 Å². The Morgan fingerprint density at radius 3 is 2.65 bits per heavy atom. The second kappa shape index (κ2) is 6.59. The summed E-state index contributed by atoms with van der Waals surface area (Å²) >= 11 is 0. The van der Waals surface area contributed by atoms with Crippen LogP contribution in [0.1, 0.15) is 51.6 Å². The fraction of sp³-hybridized carbons (Fsp3) is 0.647. The number of hydrogen-bond acceptors (Lipinski definition) is 3. The Morgan fingerprint density at radius 2 is 2.05 bits per heavy atom. The van der Waals surface area contributed by atoms with E-state index in [1.165, 1.54) is 24.8 Å². The van der Waals surface area contributed by atoms with E-state index in [-0.39, 0.29) is 12.1 Å². The van der Waals surface area contributed by atoms with E-state index >= 15 is 0 Å². The Labute approximate surface area is 123 Å². The second-order valence-electron chi connectivity index (χ2n) is 5.98. The van der Waals surface area contributed by atoms with Crippen LogP contribution in [0.25, 0.3) is 0 Å². The number of likely N-dealkylation sites (tertiary alicyclic amines) is 1. The molecule has 1 aliphatic rings. The lowest BCUT2D eigenvalue weighted by atomic mass is 9.96. The maximum Gasteiger partial charge on any atom is 0.123 e.